The van der Waals surface area contributed by atoms with Gasteiger partial charge in [-0.3, -0.25) is 0 Å². The molecule has 1 fully saturated rings. The molecule has 92 valence electrons. The summed E-state index contributed by atoms with van der Waals surface area (Å²) in [5.74, 6) is -0.236. The summed E-state index contributed by atoms with van der Waals surface area (Å²) < 4.78 is 9.43. The minimum absolute atomic E-state index is 0.236. The summed E-state index contributed by atoms with van der Waals surface area (Å²) in [6.45, 7) is 3.99. The molecule has 0 radical (unpaired) electrons. The van der Waals surface area contributed by atoms with Crippen molar-refractivity contribution >= 4 is 16.9 Å². The van der Waals surface area contributed by atoms with Crippen molar-refractivity contribution in [2.24, 2.45) is 0 Å². The summed E-state index contributed by atoms with van der Waals surface area (Å²) in [6.07, 6.45) is 0.707. The summed E-state index contributed by atoms with van der Waals surface area (Å²) in [5.41, 5.74) is 0.934. The van der Waals surface area contributed by atoms with Crippen LogP contribution in [0.4, 0.5) is 0 Å². The summed E-state index contributed by atoms with van der Waals surface area (Å²) >= 11 is 0. The Labute approximate surface area is 103 Å². The molecule has 0 bridgehead atoms. The number of carbonyl (C=O) groups is 1. The molecule has 2 heterocycles. The second-order valence-electron chi connectivity index (χ2n) is 3.78. The van der Waals surface area contributed by atoms with E-state index in [-0.39, 0.29) is 11.6 Å². The van der Waals surface area contributed by atoms with Gasteiger partial charge in [-0.1, -0.05) is 24.8 Å². The van der Waals surface area contributed by atoms with Crippen molar-refractivity contribution in [3.05, 3.63) is 59.0 Å². The number of hydrogen-bond acceptors (Lipinski definition) is 4. The van der Waals surface area contributed by atoms with Crippen molar-refractivity contribution in [2.45, 2.75) is 6.42 Å². The van der Waals surface area contributed by atoms with E-state index in [1.165, 1.54) is 6.07 Å². The van der Waals surface area contributed by atoms with E-state index in [1.807, 2.05) is 18.2 Å². The highest BCUT2D eigenvalue weighted by molar-refractivity contribution is 5.89. The smallest absolute Gasteiger partial charge is 0.336 e. The number of para-hydroxylation sites is 1. The lowest BCUT2D eigenvalue weighted by Gasteiger charge is -1.91. The largest absolute Gasteiger partial charge is 0.462 e. The Morgan fingerprint density at radius 2 is 1.83 bits per heavy atom. The van der Waals surface area contributed by atoms with Gasteiger partial charge in [0.15, 0.2) is 0 Å². The predicted octanol–water partition coefficient (Wildman–Crippen LogP) is 2.28. The average Bonchev–Trinajstić information content (AvgIpc) is 2.74. The van der Waals surface area contributed by atoms with Gasteiger partial charge in [0.2, 0.25) is 0 Å². The maximum absolute atomic E-state index is 10.7. The first-order chi connectivity index (χ1) is 8.66. The number of carbonyl (C=O) groups excluding carboxylic acids is 1. The van der Waals surface area contributed by atoms with Crippen molar-refractivity contribution in [1.82, 2.24) is 0 Å². The molecule has 1 aromatic carbocycles. The molecule has 0 amide bonds. The molecule has 3 rings (SSSR count). The van der Waals surface area contributed by atoms with Crippen molar-refractivity contribution in [3.8, 4) is 0 Å². The maximum Gasteiger partial charge on any atom is 0.336 e. The number of fused-ring (bicyclic) bond motifs is 1. The van der Waals surface area contributed by atoms with Crippen LogP contribution in [0.1, 0.15) is 6.42 Å². The zero-order chi connectivity index (χ0) is 13.0. The molecule has 0 atom stereocenters. The lowest BCUT2D eigenvalue weighted by atomic mass is 10.2. The SMILES string of the molecule is C=C1CCOC1=O.O=c1ccc2ccccc2o1. The molecule has 1 saturated heterocycles. The van der Waals surface area contributed by atoms with Crippen molar-refractivity contribution in [1.29, 1.82) is 0 Å². The van der Waals surface area contributed by atoms with Crippen molar-refractivity contribution in [3.63, 3.8) is 0 Å². The summed E-state index contributed by atoms with van der Waals surface area (Å²) in [7, 11) is 0. The topological polar surface area (TPSA) is 56.5 Å². The van der Waals surface area contributed by atoms with Gasteiger partial charge in [-0.25, -0.2) is 9.59 Å². The molecule has 18 heavy (non-hydrogen) atoms. The molecule has 0 spiro atoms. The Morgan fingerprint density at radius 3 is 2.44 bits per heavy atom. The zero-order valence-electron chi connectivity index (χ0n) is 9.72. The molecular weight excluding hydrogens is 232 g/mol. The van der Waals surface area contributed by atoms with Crippen LogP contribution in [0, 0.1) is 0 Å². The van der Waals surface area contributed by atoms with Crippen LogP contribution >= 0.6 is 0 Å². The molecule has 4 heteroatoms. The fraction of sp³-hybridized carbons (Fsp3) is 0.143. The highest BCUT2D eigenvalue weighted by atomic mass is 16.5. The molecule has 1 aliphatic rings. The number of esters is 1. The van der Waals surface area contributed by atoms with Crippen LogP contribution in [0.2, 0.25) is 0 Å². The molecule has 1 aliphatic heterocycles. The van der Waals surface area contributed by atoms with E-state index in [4.69, 9.17) is 4.42 Å². The minimum Gasteiger partial charge on any atom is -0.462 e. The Morgan fingerprint density at radius 1 is 1.06 bits per heavy atom. The third-order valence-electron chi connectivity index (χ3n) is 2.45. The Kier molecular flexibility index (Phi) is 3.57. The average molecular weight is 244 g/mol. The molecule has 0 aliphatic carbocycles. The molecule has 0 saturated carbocycles. The van der Waals surface area contributed by atoms with E-state index < -0.39 is 0 Å². The van der Waals surface area contributed by atoms with Crippen molar-refractivity contribution < 1.29 is 13.9 Å². The van der Waals surface area contributed by atoms with E-state index in [0.29, 0.717) is 24.2 Å². The number of rotatable bonds is 0. The molecule has 1 aromatic heterocycles. The van der Waals surface area contributed by atoms with Crippen LogP contribution in [-0.2, 0) is 9.53 Å². The summed E-state index contributed by atoms with van der Waals surface area (Å²) in [4.78, 5) is 21.0. The van der Waals surface area contributed by atoms with Gasteiger partial charge in [0.1, 0.15) is 5.58 Å². The molecule has 0 N–H and O–H groups in total. The zero-order valence-corrected chi connectivity index (χ0v) is 9.72. The van der Waals surface area contributed by atoms with Crippen LogP contribution in [0.25, 0.3) is 11.0 Å². The standard InChI is InChI=1S/C9H6O2.C5H6O2/c10-9-6-5-7-3-1-2-4-8(7)11-9;1-4-2-3-7-5(4)6/h1-6H;1-3H2. The normalized spacial score (nSPS) is 14.0. The Hall–Kier alpha value is -2.36. The Bertz CT molecular complexity index is 625. The Balaban J connectivity index is 0.000000149. The van der Waals surface area contributed by atoms with Gasteiger partial charge in [0.25, 0.3) is 0 Å². The van der Waals surface area contributed by atoms with Crippen molar-refractivity contribution in [2.75, 3.05) is 6.61 Å². The molecule has 0 unspecified atom stereocenters. The predicted molar refractivity (Wildman–Crippen MR) is 67.2 cm³/mol. The fourth-order valence-electron chi connectivity index (χ4n) is 1.48. The van der Waals surface area contributed by atoms with Gasteiger partial charge in [-0.15, -0.1) is 0 Å². The minimum atomic E-state index is -0.302. The summed E-state index contributed by atoms with van der Waals surface area (Å²) in [5, 5.41) is 0.951. The van der Waals surface area contributed by atoms with E-state index in [2.05, 4.69) is 11.3 Å². The van der Waals surface area contributed by atoms with Gasteiger partial charge in [0.05, 0.1) is 6.61 Å². The third-order valence-corrected chi connectivity index (χ3v) is 2.45. The van der Waals surface area contributed by atoms with Gasteiger partial charge in [-0.05, 0) is 12.1 Å². The monoisotopic (exact) mass is 244 g/mol. The van der Waals surface area contributed by atoms with Crippen LogP contribution < -0.4 is 5.63 Å². The van der Waals surface area contributed by atoms with Crippen LogP contribution in [-0.4, -0.2) is 12.6 Å². The number of hydrogen-bond donors (Lipinski definition) is 0. The second kappa shape index (κ2) is 5.31. The van der Waals surface area contributed by atoms with E-state index in [1.54, 1.807) is 12.1 Å². The molecule has 2 aromatic rings. The van der Waals surface area contributed by atoms with Crippen LogP contribution in [0.5, 0.6) is 0 Å². The third kappa shape index (κ3) is 2.85. The fourth-order valence-corrected chi connectivity index (χ4v) is 1.48. The molecule has 4 nitrogen and oxygen atoms in total. The molecular formula is C14H12O4. The number of ether oxygens (including phenoxy) is 1. The van der Waals surface area contributed by atoms with Crippen LogP contribution in [0.3, 0.4) is 0 Å². The maximum atomic E-state index is 10.7. The van der Waals surface area contributed by atoms with Gasteiger partial charge < -0.3 is 9.15 Å². The number of benzene rings is 1. The number of cyclic esters (lactones) is 1. The lowest BCUT2D eigenvalue weighted by molar-refractivity contribution is -0.135. The quantitative estimate of drug-likeness (QED) is 0.405. The first-order valence-corrected chi connectivity index (χ1v) is 5.50. The summed E-state index contributed by atoms with van der Waals surface area (Å²) in [6, 6.07) is 10.6. The van der Waals surface area contributed by atoms with E-state index >= 15 is 0 Å². The highest BCUT2D eigenvalue weighted by Crippen LogP contribution is 2.09. The lowest BCUT2D eigenvalue weighted by Crippen LogP contribution is -1.93. The van der Waals surface area contributed by atoms with Gasteiger partial charge >= 0.3 is 11.6 Å². The van der Waals surface area contributed by atoms with E-state index in [0.717, 1.165) is 5.39 Å². The van der Waals surface area contributed by atoms with E-state index in [9.17, 15) is 9.59 Å². The van der Waals surface area contributed by atoms with Gasteiger partial charge in [0, 0.05) is 23.4 Å². The van der Waals surface area contributed by atoms with Crippen LogP contribution in [0.15, 0.2) is 57.8 Å². The first-order valence-electron chi connectivity index (χ1n) is 5.50. The van der Waals surface area contributed by atoms with Gasteiger partial charge in [-0.2, -0.15) is 0 Å². The first kappa shape index (κ1) is 12.1. The highest BCUT2D eigenvalue weighted by Gasteiger charge is 2.14. The second-order valence-corrected chi connectivity index (χ2v) is 3.78.